The topological polar surface area (TPSA) is 98.2 Å². The predicted molar refractivity (Wildman–Crippen MR) is 93.0 cm³/mol. The second-order valence-electron chi connectivity index (χ2n) is 6.41. The lowest BCUT2D eigenvalue weighted by Gasteiger charge is -2.26. The van der Waals surface area contributed by atoms with Gasteiger partial charge in [0, 0.05) is 29.7 Å². The minimum atomic E-state index is -1.49. The first-order valence-corrected chi connectivity index (χ1v) is 7.79. The lowest BCUT2D eigenvalue weighted by atomic mass is 10.0. The van der Waals surface area contributed by atoms with Crippen LogP contribution in [-0.4, -0.2) is 37.2 Å². The molecule has 7 nitrogen and oxygen atoms in total. The molecule has 0 unspecified atom stereocenters. The predicted octanol–water partition coefficient (Wildman–Crippen LogP) is 2.44. The summed E-state index contributed by atoms with van der Waals surface area (Å²) in [6, 6.07) is 1.29. The van der Waals surface area contributed by atoms with Crippen LogP contribution in [-0.2, 0) is 0 Å². The highest BCUT2D eigenvalue weighted by atomic mass is 19.1. The van der Waals surface area contributed by atoms with Gasteiger partial charge in [-0.25, -0.2) is 18.9 Å². The number of carbonyl (C=O) groups is 1. The zero-order valence-electron chi connectivity index (χ0n) is 14.2. The zero-order chi connectivity index (χ0) is 18.2. The van der Waals surface area contributed by atoms with Crippen LogP contribution in [0.1, 0.15) is 31.1 Å². The van der Waals surface area contributed by atoms with Crippen LogP contribution >= 0.6 is 0 Å². The number of amides is 1. The van der Waals surface area contributed by atoms with Gasteiger partial charge in [-0.3, -0.25) is 4.79 Å². The third kappa shape index (κ3) is 3.28. The van der Waals surface area contributed by atoms with Gasteiger partial charge in [0.25, 0.3) is 5.91 Å². The van der Waals surface area contributed by atoms with Crippen LogP contribution in [0.5, 0.6) is 0 Å². The van der Waals surface area contributed by atoms with E-state index in [9.17, 15) is 9.18 Å². The van der Waals surface area contributed by atoms with E-state index in [2.05, 4.69) is 20.4 Å². The van der Waals surface area contributed by atoms with Crippen molar-refractivity contribution >= 4 is 17.1 Å². The molecule has 0 aliphatic carbocycles. The molecular formula is C17H19FN6O. The van der Waals surface area contributed by atoms with E-state index >= 15 is 0 Å². The Morgan fingerprint density at radius 2 is 1.96 bits per heavy atom. The molecule has 25 heavy (non-hydrogen) atoms. The number of hydrogen-bond acceptors (Lipinski definition) is 5. The maximum Gasteiger partial charge on any atom is 0.252 e. The Morgan fingerprint density at radius 3 is 2.56 bits per heavy atom. The fraction of sp³-hybridized carbons (Fsp3) is 0.294. The molecule has 3 N–H and O–H groups in total. The third-order valence-corrected chi connectivity index (χ3v) is 4.19. The van der Waals surface area contributed by atoms with Crippen LogP contribution in [0.4, 0.5) is 10.1 Å². The fourth-order valence-electron chi connectivity index (χ4n) is 2.39. The maximum atomic E-state index is 14.3. The third-order valence-electron chi connectivity index (χ3n) is 4.19. The molecule has 8 heteroatoms. The molecule has 0 radical (unpaired) electrons. The number of carbonyl (C=O) groups excluding carboxylic acids is 1. The molecule has 0 aliphatic rings. The molecule has 0 aliphatic heterocycles. The van der Waals surface area contributed by atoms with Crippen LogP contribution in [0.25, 0.3) is 16.6 Å². The summed E-state index contributed by atoms with van der Waals surface area (Å²) in [5.41, 5.74) is 6.88. The van der Waals surface area contributed by atoms with Gasteiger partial charge >= 0.3 is 0 Å². The van der Waals surface area contributed by atoms with Crippen molar-refractivity contribution < 1.29 is 9.18 Å². The molecule has 0 fully saturated rings. The van der Waals surface area contributed by atoms with Gasteiger partial charge in [-0.1, -0.05) is 0 Å². The van der Waals surface area contributed by atoms with Gasteiger partial charge in [0.1, 0.15) is 12.0 Å². The van der Waals surface area contributed by atoms with Gasteiger partial charge < -0.3 is 11.1 Å². The van der Waals surface area contributed by atoms with Crippen molar-refractivity contribution in [2.75, 3.05) is 5.32 Å². The molecule has 3 aromatic heterocycles. The number of halogens is 1. The minimum absolute atomic E-state index is 0.206. The van der Waals surface area contributed by atoms with Crippen molar-refractivity contribution in [3.8, 4) is 11.1 Å². The number of nitrogens with two attached hydrogens (primary N) is 1. The molecule has 1 atom stereocenters. The molecular weight excluding hydrogens is 323 g/mol. The highest BCUT2D eigenvalue weighted by Gasteiger charge is 2.27. The fourth-order valence-corrected chi connectivity index (χ4v) is 2.39. The Labute approximate surface area is 144 Å². The number of nitrogens with zero attached hydrogens (tertiary/aromatic N) is 4. The quantitative estimate of drug-likeness (QED) is 0.742. The van der Waals surface area contributed by atoms with Gasteiger partial charge in [0.05, 0.1) is 29.0 Å². The molecule has 130 valence electrons. The summed E-state index contributed by atoms with van der Waals surface area (Å²) in [6.07, 6.45) is 7.96. The molecule has 0 saturated heterocycles. The number of anilines is 1. The number of hydrogen-bond donors (Lipinski definition) is 2. The van der Waals surface area contributed by atoms with Crippen molar-refractivity contribution in [3.05, 3.63) is 42.7 Å². The number of alkyl halides is 1. The van der Waals surface area contributed by atoms with Crippen LogP contribution in [0.3, 0.4) is 0 Å². The summed E-state index contributed by atoms with van der Waals surface area (Å²) >= 11 is 0. The molecule has 0 bridgehead atoms. The van der Waals surface area contributed by atoms with Gasteiger partial charge in [-0.05, 0) is 26.8 Å². The van der Waals surface area contributed by atoms with Crippen molar-refractivity contribution in [2.45, 2.75) is 32.5 Å². The van der Waals surface area contributed by atoms with Crippen LogP contribution in [0.2, 0.25) is 0 Å². The summed E-state index contributed by atoms with van der Waals surface area (Å²) < 4.78 is 15.9. The van der Waals surface area contributed by atoms with Crippen LogP contribution < -0.4 is 11.1 Å². The number of fused-ring (bicyclic) bond motifs is 1. The number of primary amides is 1. The standard InChI is InChI=1S/C17H19FN6O/c1-10(17(2,3)18)23-15-13(16(19)25)7-22-24-8-11(4-14(15)24)12-5-20-9-21-6-12/h4-10,23H,1-3H3,(H2,19,25)/t10-/m1/s1. The van der Waals surface area contributed by atoms with Gasteiger partial charge in [-0.15, -0.1) is 0 Å². The first-order chi connectivity index (χ1) is 11.8. The highest BCUT2D eigenvalue weighted by molar-refractivity contribution is 6.02. The molecule has 3 heterocycles. The van der Waals surface area contributed by atoms with Gasteiger partial charge in [0.2, 0.25) is 0 Å². The van der Waals surface area contributed by atoms with Crippen molar-refractivity contribution in [3.63, 3.8) is 0 Å². The maximum absolute atomic E-state index is 14.3. The van der Waals surface area contributed by atoms with E-state index in [4.69, 9.17) is 5.73 Å². The Hall–Kier alpha value is -3.03. The van der Waals surface area contributed by atoms with E-state index in [1.54, 1.807) is 30.0 Å². The number of aromatic nitrogens is 4. The Kier molecular flexibility index (Phi) is 4.12. The summed E-state index contributed by atoms with van der Waals surface area (Å²) in [5, 5.41) is 7.29. The number of rotatable bonds is 5. The average molecular weight is 342 g/mol. The molecule has 0 aromatic carbocycles. The molecule has 0 saturated carbocycles. The lowest BCUT2D eigenvalue weighted by molar-refractivity contribution is 0.1000. The SMILES string of the molecule is C[C@@H](Nc1c(C(N)=O)cnn2cc(-c3cncnc3)cc12)C(C)(C)F. The summed E-state index contributed by atoms with van der Waals surface area (Å²) in [7, 11) is 0. The van der Waals surface area contributed by atoms with E-state index in [1.807, 2.05) is 6.07 Å². The Bertz CT molecular complexity index is 916. The minimum Gasteiger partial charge on any atom is -0.377 e. The molecule has 1 amide bonds. The van der Waals surface area contributed by atoms with E-state index < -0.39 is 17.6 Å². The Morgan fingerprint density at radius 1 is 1.28 bits per heavy atom. The zero-order valence-corrected chi connectivity index (χ0v) is 14.2. The summed E-state index contributed by atoms with van der Waals surface area (Å²) in [5.74, 6) is -0.632. The molecule has 3 rings (SSSR count). The van der Waals surface area contributed by atoms with Crippen molar-refractivity contribution in [2.24, 2.45) is 5.73 Å². The van der Waals surface area contributed by atoms with E-state index in [0.717, 1.165) is 11.1 Å². The van der Waals surface area contributed by atoms with Crippen molar-refractivity contribution in [1.82, 2.24) is 19.6 Å². The van der Waals surface area contributed by atoms with E-state index in [-0.39, 0.29) is 5.56 Å². The first-order valence-electron chi connectivity index (χ1n) is 7.79. The molecule has 0 spiro atoms. The smallest absolute Gasteiger partial charge is 0.252 e. The first kappa shape index (κ1) is 16.8. The monoisotopic (exact) mass is 342 g/mol. The largest absolute Gasteiger partial charge is 0.377 e. The highest BCUT2D eigenvalue weighted by Crippen LogP contribution is 2.30. The second-order valence-corrected chi connectivity index (χ2v) is 6.41. The van der Waals surface area contributed by atoms with E-state index in [0.29, 0.717) is 11.2 Å². The summed E-state index contributed by atoms with van der Waals surface area (Å²) in [6.45, 7) is 4.65. The Balaban J connectivity index is 2.15. The van der Waals surface area contributed by atoms with Crippen LogP contribution in [0.15, 0.2) is 37.2 Å². The van der Waals surface area contributed by atoms with E-state index in [1.165, 1.54) is 26.4 Å². The van der Waals surface area contributed by atoms with Gasteiger partial charge in [0.15, 0.2) is 0 Å². The normalized spacial score (nSPS) is 13.0. The number of nitrogens with one attached hydrogen (secondary N) is 1. The molecule has 3 aromatic rings. The van der Waals surface area contributed by atoms with Crippen molar-refractivity contribution in [1.29, 1.82) is 0 Å². The van der Waals surface area contributed by atoms with Gasteiger partial charge in [-0.2, -0.15) is 5.10 Å². The lowest BCUT2D eigenvalue weighted by Crippen LogP contribution is -2.36. The van der Waals surface area contributed by atoms with Crippen LogP contribution in [0, 0.1) is 0 Å². The summed E-state index contributed by atoms with van der Waals surface area (Å²) in [4.78, 5) is 19.8. The average Bonchev–Trinajstić information content (AvgIpc) is 2.99. The second kappa shape index (κ2) is 6.12.